The van der Waals surface area contributed by atoms with Gasteiger partial charge in [-0.15, -0.1) is 6.58 Å². The van der Waals surface area contributed by atoms with Crippen LogP contribution >= 0.6 is 0 Å². The highest BCUT2D eigenvalue weighted by Gasteiger charge is 2.38. The Balaban J connectivity index is 2.46. The molecule has 1 atom stereocenters. The zero-order valence-electron chi connectivity index (χ0n) is 13.8. The molecular formula is C18H30OSi. The summed E-state index contributed by atoms with van der Waals surface area (Å²) < 4.78 is 6.41. The number of benzene rings is 1. The molecule has 0 radical (unpaired) electrons. The van der Waals surface area contributed by atoms with Gasteiger partial charge in [-0.3, -0.25) is 0 Å². The first kappa shape index (κ1) is 17.2. The number of rotatable bonds is 7. The summed E-state index contributed by atoms with van der Waals surface area (Å²) in [7, 11) is -1.69. The van der Waals surface area contributed by atoms with Crippen molar-refractivity contribution in [2.75, 3.05) is 0 Å². The van der Waals surface area contributed by atoms with E-state index in [1.807, 2.05) is 6.08 Å². The van der Waals surface area contributed by atoms with Crippen LogP contribution in [0.1, 0.15) is 39.2 Å². The lowest BCUT2D eigenvalue weighted by Crippen LogP contribution is -2.43. The van der Waals surface area contributed by atoms with Gasteiger partial charge in [0.2, 0.25) is 0 Å². The lowest BCUT2D eigenvalue weighted by atomic mass is 10.1. The summed E-state index contributed by atoms with van der Waals surface area (Å²) in [5.74, 6) is 0. The molecule has 0 fully saturated rings. The van der Waals surface area contributed by atoms with Gasteiger partial charge in [0.25, 0.3) is 0 Å². The van der Waals surface area contributed by atoms with E-state index in [0.29, 0.717) is 0 Å². The van der Waals surface area contributed by atoms with Crippen LogP contribution in [0.15, 0.2) is 43.0 Å². The van der Waals surface area contributed by atoms with Crippen LogP contribution in [0.5, 0.6) is 0 Å². The molecule has 0 amide bonds. The van der Waals surface area contributed by atoms with Gasteiger partial charge < -0.3 is 4.43 Å². The Morgan fingerprint density at radius 2 is 1.80 bits per heavy atom. The summed E-state index contributed by atoms with van der Waals surface area (Å²) in [6, 6.07) is 10.7. The van der Waals surface area contributed by atoms with Crippen LogP contribution in [-0.4, -0.2) is 14.4 Å². The van der Waals surface area contributed by atoms with E-state index in [-0.39, 0.29) is 11.1 Å². The van der Waals surface area contributed by atoms with Gasteiger partial charge in [0.15, 0.2) is 8.32 Å². The van der Waals surface area contributed by atoms with Crippen molar-refractivity contribution in [3.05, 3.63) is 48.6 Å². The van der Waals surface area contributed by atoms with Crippen molar-refractivity contribution in [1.29, 1.82) is 0 Å². The molecule has 0 bridgehead atoms. The molecule has 0 heterocycles. The van der Waals surface area contributed by atoms with Gasteiger partial charge in [0.1, 0.15) is 0 Å². The molecule has 0 N–H and O–H groups in total. The van der Waals surface area contributed by atoms with Gasteiger partial charge in [-0.1, -0.05) is 57.2 Å². The van der Waals surface area contributed by atoms with Gasteiger partial charge in [-0.05, 0) is 43.0 Å². The quantitative estimate of drug-likeness (QED) is 0.470. The third kappa shape index (κ3) is 5.26. The molecule has 1 aromatic rings. The summed E-state index contributed by atoms with van der Waals surface area (Å²) >= 11 is 0. The second-order valence-electron chi connectivity index (χ2n) is 7.03. The fourth-order valence-electron chi connectivity index (χ4n) is 1.93. The van der Waals surface area contributed by atoms with Crippen LogP contribution < -0.4 is 0 Å². The molecule has 0 aliphatic carbocycles. The van der Waals surface area contributed by atoms with Crippen molar-refractivity contribution in [3.8, 4) is 0 Å². The molecule has 20 heavy (non-hydrogen) atoms. The summed E-state index contributed by atoms with van der Waals surface area (Å²) in [4.78, 5) is 0. The van der Waals surface area contributed by atoms with Crippen molar-refractivity contribution in [2.45, 2.75) is 64.3 Å². The molecule has 1 rings (SSSR count). The Kier molecular flexibility index (Phi) is 6.22. The first-order chi connectivity index (χ1) is 9.26. The van der Waals surface area contributed by atoms with Gasteiger partial charge in [0, 0.05) is 0 Å². The van der Waals surface area contributed by atoms with Crippen molar-refractivity contribution in [3.63, 3.8) is 0 Å². The van der Waals surface area contributed by atoms with E-state index in [0.717, 1.165) is 19.3 Å². The SMILES string of the molecule is C=CC(CCCc1ccccc1)O[Si](C)(C)C(C)(C)C. The van der Waals surface area contributed by atoms with Gasteiger partial charge in [-0.25, -0.2) is 0 Å². The third-order valence-corrected chi connectivity index (χ3v) is 8.82. The highest BCUT2D eigenvalue weighted by molar-refractivity contribution is 6.74. The zero-order valence-corrected chi connectivity index (χ0v) is 14.8. The summed E-state index contributed by atoms with van der Waals surface area (Å²) in [5, 5.41) is 0.258. The Morgan fingerprint density at radius 1 is 1.20 bits per heavy atom. The molecule has 2 heteroatoms. The van der Waals surface area contributed by atoms with Crippen LogP contribution in [0.4, 0.5) is 0 Å². The second-order valence-corrected chi connectivity index (χ2v) is 11.8. The van der Waals surface area contributed by atoms with Gasteiger partial charge in [0.05, 0.1) is 6.10 Å². The fourth-order valence-corrected chi connectivity index (χ4v) is 3.26. The molecule has 0 spiro atoms. The van der Waals surface area contributed by atoms with Gasteiger partial charge >= 0.3 is 0 Å². The Morgan fingerprint density at radius 3 is 2.30 bits per heavy atom. The van der Waals surface area contributed by atoms with E-state index >= 15 is 0 Å². The van der Waals surface area contributed by atoms with E-state index in [1.165, 1.54) is 5.56 Å². The topological polar surface area (TPSA) is 9.23 Å². The van der Waals surface area contributed by atoms with E-state index in [4.69, 9.17) is 4.43 Å². The van der Waals surface area contributed by atoms with Gasteiger partial charge in [-0.2, -0.15) is 0 Å². The minimum Gasteiger partial charge on any atom is -0.411 e. The van der Waals surface area contributed by atoms with Crippen LogP contribution in [0.2, 0.25) is 18.1 Å². The normalized spacial score (nSPS) is 14.1. The zero-order chi connectivity index (χ0) is 15.2. The first-order valence-electron chi connectivity index (χ1n) is 7.60. The largest absolute Gasteiger partial charge is 0.411 e. The second kappa shape index (κ2) is 7.23. The molecule has 0 saturated heterocycles. The highest BCUT2D eigenvalue weighted by atomic mass is 28.4. The summed E-state index contributed by atoms with van der Waals surface area (Å²) in [6.07, 6.45) is 5.50. The number of aryl methyl sites for hydroxylation is 1. The Bertz CT molecular complexity index is 403. The molecule has 1 unspecified atom stereocenters. The first-order valence-corrected chi connectivity index (χ1v) is 10.5. The van der Waals surface area contributed by atoms with E-state index in [9.17, 15) is 0 Å². The van der Waals surface area contributed by atoms with Crippen LogP contribution in [0, 0.1) is 0 Å². The van der Waals surface area contributed by atoms with E-state index in [1.54, 1.807) is 0 Å². The molecule has 112 valence electrons. The van der Waals surface area contributed by atoms with Crippen LogP contribution in [0.25, 0.3) is 0 Å². The molecular weight excluding hydrogens is 260 g/mol. The van der Waals surface area contributed by atoms with Crippen LogP contribution in [-0.2, 0) is 10.8 Å². The molecule has 1 aromatic carbocycles. The van der Waals surface area contributed by atoms with Crippen molar-refractivity contribution in [2.24, 2.45) is 0 Å². The third-order valence-electron chi connectivity index (χ3n) is 4.31. The Hall–Kier alpha value is -0.863. The standard InChI is InChI=1S/C18H30OSi/c1-7-17(19-20(5,6)18(2,3)4)15-11-14-16-12-9-8-10-13-16/h7-10,12-13,17H,1,11,14-15H2,2-6H3. The molecule has 0 aromatic heterocycles. The maximum atomic E-state index is 6.41. The van der Waals surface area contributed by atoms with Crippen LogP contribution in [0.3, 0.4) is 0 Å². The minimum atomic E-state index is -1.69. The maximum absolute atomic E-state index is 6.41. The summed E-state index contributed by atoms with van der Waals surface area (Å²) in [6.45, 7) is 15.4. The molecule has 1 nitrogen and oxygen atoms in total. The predicted octanol–water partition coefficient (Wildman–Crippen LogP) is 5.59. The number of hydrogen-bond donors (Lipinski definition) is 0. The average Bonchev–Trinajstić information content (AvgIpc) is 2.37. The smallest absolute Gasteiger partial charge is 0.192 e. The molecule has 0 saturated carbocycles. The summed E-state index contributed by atoms with van der Waals surface area (Å²) in [5.41, 5.74) is 1.41. The fraction of sp³-hybridized carbons (Fsp3) is 0.556. The molecule has 0 aliphatic rings. The van der Waals surface area contributed by atoms with E-state index < -0.39 is 8.32 Å². The Labute approximate surface area is 126 Å². The van der Waals surface area contributed by atoms with Crippen molar-refractivity contribution < 1.29 is 4.43 Å². The average molecular weight is 291 g/mol. The minimum absolute atomic E-state index is 0.194. The lowest BCUT2D eigenvalue weighted by Gasteiger charge is -2.38. The highest BCUT2D eigenvalue weighted by Crippen LogP contribution is 2.37. The molecule has 0 aliphatic heterocycles. The van der Waals surface area contributed by atoms with E-state index in [2.05, 4.69) is 70.8 Å². The lowest BCUT2D eigenvalue weighted by molar-refractivity contribution is 0.212. The van der Waals surface area contributed by atoms with Crippen molar-refractivity contribution >= 4 is 8.32 Å². The maximum Gasteiger partial charge on any atom is 0.192 e. The monoisotopic (exact) mass is 290 g/mol. The van der Waals surface area contributed by atoms with Crippen molar-refractivity contribution in [1.82, 2.24) is 0 Å². The predicted molar refractivity (Wildman–Crippen MR) is 91.6 cm³/mol. The number of hydrogen-bond acceptors (Lipinski definition) is 1.